The lowest BCUT2D eigenvalue weighted by Gasteiger charge is -2.34. The number of likely N-dealkylation sites (N-methyl/N-ethyl adjacent to an activating group) is 2. The Hall–Kier alpha value is -3.16. The summed E-state index contributed by atoms with van der Waals surface area (Å²) in [6, 6.07) is 16.6. The molecule has 2 aromatic carbocycles. The average molecular weight is 473 g/mol. The number of benzene rings is 2. The van der Waals surface area contributed by atoms with E-state index in [0.717, 1.165) is 80.3 Å². The predicted molar refractivity (Wildman–Crippen MR) is 145 cm³/mol. The lowest BCUT2D eigenvalue weighted by Crippen LogP contribution is -2.44. The number of carbonyl (C=O) groups is 1. The first-order valence-corrected chi connectivity index (χ1v) is 12.6. The van der Waals surface area contributed by atoms with Crippen molar-refractivity contribution in [3.63, 3.8) is 0 Å². The SMILES string of the molecule is Cc1cc(N2CCN(C)CC2)nc2ccc(NC(=O)Cc3ccc(N4CCN(C)CC4)cc3)cc12. The summed E-state index contributed by atoms with van der Waals surface area (Å²) in [6.45, 7) is 10.5. The lowest BCUT2D eigenvalue weighted by molar-refractivity contribution is -0.115. The molecule has 5 rings (SSSR count). The topological polar surface area (TPSA) is 55.0 Å². The quantitative estimate of drug-likeness (QED) is 0.615. The van der Waals surface area contributed by atoms with Gasteiger partial charge in [-0.2, -0.15) is 0 Å². The van der Waals surface area contributed by atoms with Crippen molar-refractivity contribution < 1.29 is 4.79 Å². The molecule has 0 aliphatic carbocycles. The van der Waals surface area contributed by atoms with Crippen molar-refractivity contribution in [1.82, 2.24) is 14.8 Å². The van der Waals surface area contributed by atoms with Gasteiger partial charge < -0.3 is 24.9 Å². The van der Waals surface area contributed by atoms with Crippen LogP contribution in [0.1, 0.15) is 11.1 Å². The van der Waals surface area contributed by atoms with Gasteiger partial charge in [-0.3, -0.25) is 4.79 Å². The van der Waals surface area contributed by atoms with Crippen LogP contribution in [0, 0.1) is 6.92 Å². The van der Waals surface area contributed by atoms with Gasteiger partial charge in [-0.15, -0.1) is 0 Å². The zero-order valence-electron chi connectivity index (χ0n) is 21.1. The Morgan fingerprint density at radius 1 is 0.829 bits per heavy atom. The molecule has 0 unspecified atom stereocenters. The minimum atomic E-state index is -0.00336. The van der Waals surface area contributed by atoms with Crippen molar-refractivity contribution in [2.75, 3.05) is 81.6 Å². The number of aryl methyl sites for hydroxylation is 1. The summed E-state index contributed by atoms with van der Waals surface area (Å²) in [5.41, 5.74) is 5.22. The van der Waals surface area contributed by atoms with E-state index in [1.807, 2.05) is 18.2 Å². The van der Waals surface area contributed by atoms with E-state index in [1.165, 1.54) is 11.3 Å². The van der Waals surface area contributed by atoms with E-state index in [4.69, 9.17) is 4.98 Å². The number of aromatic nitrogens is 1. The van der Waals surface area contributed by atoms with E-state index in [9.17, 15) is 4.79 Å². The van der Waals surface area contributed by atoms with Gasteiger partial charge in [-0.25, -0.2) is 4.98 Å². The molecule has 7 nitrogen and oxygen atoms in total. The molecule has 3 aromatic rings. The van der Waals surface area contributed by atoms with E-state index in [0.29, 0.717) is 6.42 Å². The first-order valence-electron chi connectivity index (χ1n) is 12.6. The van der Waals surface area contributed by atoms with E-state index >= 15 is 0 Å². The molecule has 35 heavy (non-hydrogen) atoms. The molecule has 0 saturated carbocycles. The fourth-order valence-corrected chi connectivity index (χ4v) is 4.93. The fourth-order valence-electron chi connectivity index (χ4n) is 4.93. The van der Waals surface area contributed by atoms with Crippen LogP contribution < -0.4 is 15.1 Å². The standard InChI is InChI=1S/C28H36N6O/c1-21-18-27(34-16-12-32(3)13-17-34)30-26-9-6-23(20-25(21)26)29-28(35)19-22-4-7-24(8-5-22)33-14-10-31(2)11-15-33/h4-9,18,20H,10-17,19H2,1-3H3,(H,29,35). The molecule has 0 atom stereocenters. The van der Waals surface area contributed by atoms with Gasteiger partial charge in [0.1, 0.15) is 5.82 Å². The molecule has 1 N–H and O–H groups in total. The highest BCUT2D eigenvalue weighted by Gasteiger charge is 2.17. The molecule has 2 aliphatic heterocycles. The molecule has 2 aliphatic rings. The summed E-state index contributed by atoms with van der Waals surface area (Å²) in [5.74, 6) is 1.04. The molecule has 3 heterocycles. The zero-order chi connectivity index (χ0) is 24.4. The zero-order valence-corrected chi connectivity index (χ0v) is 21.1. The number of hydrogen-bond acceptors (Lipinski definition) is 6. The largest absolute Gasteiger partial charge is 0.369 e. The molecule has 2 fully saturated rings. The Morgan fingerprint density at radius 2 is 1.46 bits per heavy atom. The molecular formula is C28H36N6O. The maximum absolute atomic E-state index is 12.8. The van der Waals surface area contributed by atoms with Crippen molar-refractivity contribution in [1.29, 1.82) is 0 Å². The van der Waals surface area contributed by atoms with Crippen LogP contribution in [0.15, 0.2) is 48.5 Å². The molecule has 0 radical (unpaired) electrons. The number of nitrogens with one attached hydrogen (secondary N) is 1. The van der Waals surface area contributed by atoms with Gasteiger partial charge in [0, 0.05) is 69.1 Å². The summed E-state index contributed by atoms with van der Waals surface area (Å²) in [4.78, 5) is 27.1. The Balaban J connectivity index is 1.22. The van der Waals surface area contributed by atoms with Gasteiger partial charge in [0.15, 0.2) is 0 Å². The van der Waals surface area contributed by atoms with Crippen molar-refractivity contribution in [2.45, 2.75) is 13.3 Å². The average Bonchev–Trinajstić information content (AvgIpc) is 2.86. The molecule has 2 saturated heterocycles. The van der Waals surface area contributed by atoms with Crippen LogP contribution in [0.2, 0.25) is 0 Å². The monoisotopic (exact) mass is 472 g/mol. The number of piperazine rings is 2. The number of rotatable bonds is 5. The van der Waals surface area contributed by atoms with Gasteiger partial charge in [-0.05, 0) is 68.5 Å². The Kier molecular flexibility index (Phi) is 6.88. The number of carbonyl (C=O) groups excluding carboxylic acids is 1. The summed E-state index contributed by atoms with van der Waals surface area (Å²) < 4.78 is 0. The highest BCUT2D eigenvalue weighted by atomic mass is 16.1. The number of fused-ring (bicyclic) bond motifs is 1. The van der Waals surface area contributed by atoms with Crippen LogP contribution in [0.3, 0.4) is 0 Å². The van der Waals surface area contributed by atoms with Crippen LogP contribution in [-0.2, 0) is 11.2 Å². The minimum absolute atomic E-state index is 0.00336. The summed E-state index contributed by atoms with van der Waals surface area (Å²) in [5, 5.41) is 4.16. The molecule has 184 valence electrons. The maximum Gasteiger partial charge on any atom is 0.228 e. The number of hydrogen-bond donors (Lipinski definition) is 1. The van der Waals surface area contributed by atoms with E-state index in [2.05, 4.69) is 76.3 Å². The number of nitrogens with zero attached hydrogens (tertiary/aromatic N) is 5. The van der Waals surface area contributed by atoms with Gasteiger partial charge in [0.25, 0.3) is 0 Å². The second kappa shape index (κ2) is 10.2. The minimum Gasteiger partial charge on any atom is -0.369 e. The molecule has 7 heteroatoms. The summed E-state index contributed by atoms with van der Waals surface area (Å²) in [7, 11) is 4.33. The van der Waals surface area contributed by atoms with Crippen molar-refractivity contribution >= 4 is 34.0 Å². The number of anilines is 3. The van der Waals surface area contributed by atoms with Crippen molar-refractivity contribution in [2.24, 2.45) is 0 Å². The van der Waals surface area contributed by atoms with E-state index < -0.39 is 0 Å². The van der Waals surface area contributed by atoms with Crippen LogP contribution in [0.25, 0.3) is 10.9 Å². The van der Waals surface area contributed by atoms with Crippen molar-refractivity contribution in [3.8, 4) is 0 Å². The van der Waals surface area contributed by atoms with Gasteiger partial charge in [0.05, 0.1) is 11.9 Å². The van der Waals surface area contributed by atoms with Crippen molar-refractivity contribution in [3.05, 3.63) is 59.7 Å². The second-order valence-corrected chi connectivity index (χ2v) is 10.0. The molecule has 0 bridgehead atoms. The third kappa shape index (κ3) is 5.57. The molecule has 1 amide bonds. The number of amides is 1. The summed E-state index contributed by atoms with van der Waals surface area (Å²) >= 11 is 0. The predicted octanol–water partition coefficient (Wildman–Crippen LogP) is 3.23. The van der Waals surface area contributed by atoms with Crippen LogP contribution >= 0.6 is 0 Å². The number of pyridine rings is 1. The highest BCUT2D eigenvalue weighted by molar-refractivity contribution is 5.95. The maximum atomic E-state index is 12.8. The van der Waals surface area contributed by atoms with Gasteiger partial charge in [0.2, 0.25) is 5.91 Å². The normalized spacial score (nSPS) is 17.7. The van der Waals surface area contributed by atoms with Gasteiger partial charge in [-0.1, -0.05) is 12.1 Å². The van der Waals surface area contributed by atoms with Gasteiger partial charge >= 0.3 is 0 Å². The fraction of sp³-hybridized carbons (Fsp3) is 0.429. The second-order valence-electron chi connectivity index (χ2n) is 10.0. The van der Waals surface area contributed by atoms with Crippen LogP contribution in [0.4, 0.5) is 17.2 Å². The Bertz CT molecular complexity index is 1180. The third-order valence-corrected chi connectivity index (χ3v) is 7.28. The van der Waals surface area contributed by atoms with Crippen LogP contribution in [0.5, 0.6) is 0 Å². The van der Waals surface area contributed by atoms with Crippen LogP contribution in [-0.4, -0.2) is 87.1 Å². The molecule has 1 aromatic heterocycles. The van der Waals surface area contributed by atoms with E-state index in [1.54, 1.807) is 0 Å². The first kappa shape index (κ1) is 23.6. The highest BCUT2D eigenvalue weighted by Crippen LogP contribution is 2.26. The molecule has 0 spiro atoms. The smallest absolute Gasteiger partial charge is 0.228 e. The first-order chi connectivity index (χ1) is 16.9. The molecular weight excluding hydrogens is 436 g/mol. The Labute approximate surface area is 208 Å². The Morgan fingerprint density at radius 3 is 2.11 bits per heavy atom. The lowest BCUT2D eigenvalue weighted by atomic mass is 10.1. The van der Waals surface area contributed by atoms with E-state index in [-0.39, 0.29) is 5.91 Å². The summed E-state index contributed by atoms with van der Waals surface area (Å²) in [6.07, 6.45) is 0.362. The third-order valence-electron chi connectivity index (χ3n) is 7.28.